The normalized spacial score (nSPS) is 11.2. The highest BCUT2D eigenvalue weighted by molar-refractivity contribution is 5.73. The molecular weight excluding hydrogens is 269 g/mol. The highest BCUT2D eigenvalue weighted by atomic mass is 19.1. The summed E-state index contributed by atoms with van der Waals surface area (Å²) in [5, 5.41) is 19.7. The fourth-order valence-electron chi connectivity index (χ4n) is 1.56. The van der Waals surface area contributed by atoms with Crippen LogP contribution in [0.2, 0.25) is 0 Å². The van der Waals surface area contributed by atoms with Crippen molar-refractivity contribution in [2.75, 3.05) is 6.61 Å². The monoisotopic (exact) mass is 285 g/mol. The summed E-state index contributed by atoms with van der Waals surface area (Å²) in [6.07, 6.45) is 0.748. The van der Waals surface area contributed by atoms with Crippen LogP contribution in [0.25, 0.3) is 0 Å². The Morgan fingerprint density at radius 1 is 1.50 bits per heavy atom. The Kier molecular flexibility index (Phi) is 5.01. The van der Waals surface area contributed by atoms with Crippen LogP contribution in [0.5, 0.6) is 5.75 Å². The highest BCUT2D eigenvalue weighted by Gasteiger charge is 2.26. The van der Waals surface area contributed by atoms with Gasteiger partial charge in [0.1, 0.15) is 5.82 Å². The molecule has 0 radical (unpaired) electrons. The van der Waals surface area contributed by atoms with Gasteiger partial charge in [-0.3, -0.25) is 14.9 Å². The molecule has 0 atom stereocenters. The third kappa shape index (κ3) is 4.18. The number of carbonyl (C=O) groups is 1. The van der Waals surface area contributed by atoms with Crippen LogP contribution in [0, 0.1) is 21.3 Å². The molecule has 1 aromatic carbocycles. The number of hydrogen-bond donors (Lipinski definition) is 1. The predicted octanol–water partition coefficient (Wildman–Crippen LogP) is 3.00. The maximum atomic E-state index is 13.0. The summed E-state index contributed by atoms with van der Waals surface area (Å²) < 4.78 is 18.2. The van der Waals surface area contributed by atoms with Gasteiger partial charge < -0.3 is 9.84 Å². The largest absolute Gasteiger partial charge is 0.487 e. The maximum absolute atomic E-state index is 13.0. The van der Waals surface area contributed by atoms with Gasteiger partial charge in [-0.1, -0.05) is 0 Å². The molecule has 0 aliphatic heterocycles. The zero-order chi connectivity index (χ0) is 15.3. The van der Waals surface area contributed by atoms with Crippen molar-refractivity contribution in [2.45, 2.75) is 26.7 Å². The van der Waals surface area contributed by atoms with Crippen LogP contribution in [0.4, 0.5) is 10.1 Å². The number of ether oxygens (including phenoxy) is 1. The molecule has 0 aliphatic carbocycles. The Balaban J connectivity index is 2.60. The zero-order valence-electron chi connectivity index (χ0n) is 11.3. The summed E-state index contributed by atoms with van der Waals surface area (Å²) in [6.45, 7) is 3.25. The summed E-state index contributed by atoms with van der Waals surface area (Å²) in [5.41, 5.74) is -1.21. The van der Waals surface area contributed by atoms with Gasteiger partial charge in [0, 0.05) is 12.1 Å². The van der Waals surface area contributed by atoms with Gasteiger partial charge in [0.15, 0.2) is 5.75 Å². The maximum Gasteiger partial charge on any atom is 0.311 e. The fraction of sp³-hybridized carbons (Fsp3) is 0.462. The van der Waals surface area contributed by atoms with Crippen molar-refractivity contribution in [2.24, 2.45) is 5.41 Å². The minimum Gasteiger partial charge on any atom is -0.487 e. The first-order valence-electron chi connectivity index (χ1n) is 6.04. The Bertz CT molecular complexity index is 515. The van der Waals surface area contributed by atoms with Crippen molar-refractivity contribution in [3.8, 4) is 5.75 Å². The predicted molar refractivity (Wildman–Crippen MR) is 69.2 cm³/mol. The molecule has 0 saturated carbocycles. The van der Waals surface area contributed by atoms with E-state index in [1.54, 1.807) is 13.8 Å². The van der Waals surface area contributed by atoms with E-state index >= 15 is 0 Å². The van der Waals surface area contributed by atoms with E-state index in [9.17, 15) is 19.3 Å². The lowest BCUT2D eigenvalue weighted by atomic mass is 9.88. The van der Waals surface area contributed by atoms with Crippen LogP contribution in [0.3, 0.4) is 0 Å². The van der Waals surface area contributed by atoms with E-state index in [1.807, 2.05) is 0 Å². The number of carboxylic acid groups (broad SMARTS) is 1. The Hall–Kier alpha value is -2.18. The smallest absolute Gasteiger partial charge is 0.311 e. The molecule has 1 rings (SSSR count). The first kappa shape index (κ1) is 15.9. The molecule has 0 unspecified atom stereocenters. The van der Waals surface area contributed by atoms with Crippen LogP contribution < -0.4 is 4.74 Å². The Morgan fingerprint density at radius 3 is 2.70 bits per heavy atom. The van der Waals surface area contributed by atoms with Crippen molar-refractivity contribution in [1.82, 2.24) is 0 Å². The number of rotatable bonds is 7. The number of nitrogens with zero attached hydrogens (tertiary/aromatic N) is 1. The summed E-state index contributed by atoms with van der Waals surface area (Å²) >= 11 is 0. The summed E-state index contributed by atoms with van der Waals surface area (Å²) in [4.78, 5) is 21.0. The molecule has 7 heteroatoms. The first-order valence-corrected chi connectivity index (χ1v) is 6.04. The number of benzene rings is 1. The topological polar surface area (TPSA) is 89.7 Å². The second kappa shape index (κ2) is 6.31. The second-order valence-corrected chi connectivity index (χ2v) is 5.01. The van der Waals surface area contributed by atoms with E-state index in [1.165, 1.54) is 0 Å². The van der Waals surface area contributed by atoms with Crippen LogP contribution >= 0.6 is 0 Å². The SMILES string of the molecule is CC(C)(CCCOc1cc(F)ccc1[N+](=O)[O-])C(=O)O. The third-order valence-corrected chi connectivity index (χ3v) is 2.90. The van der Waals surface area contributed by atoms with E-state index < -0.39 is 22.1 Å². The molecule has 110 valence electrons. The average Bonchev–Trinajstić information content (AvgIpc) is 2.34. The summed E-state index contributed by atoms with van der Waals surface area (Å²) in [5.74, 6) is -1.70. The number of aliphatic carboxylic acids is 1. The van der Waals surface area contributed by atoms with Crippen molar-refractivity contribution in [3.05, 3.63) is 34.1 Å². The minimum atomic E-state index is -0.922. The molecule has 0 amide bonds. The molecule has 0 saturated heterocycles. The Labute approximate surface area is 115 Å². The lowest BCUT2D eigenvalue weighted by molar-refractivity contribution is -0.385. The number of carboxylic acids is 1. The van der Waals surface area contributed by atoms with Crippen molar-refractivity contribution < 1.29 is 24.0 Å². The number of nitro groups is 1. The molecule has 0 heterocycles. The van der Waals surface area contributed by atoms with Crippen LogP contribution in [-0.4, -0.2) is 22.6 Å². The van der Waals surface area contributed by atoms with Crippen LogP contribution in [0.15, 0.2) is 18.2 Å². The van der Waals surface area contributed by atoms with Gasteiger partial charge in [-0.05, 0) is 32.8 Å². The number of halogens is 1. The fourth-order valence-corrected chi connectivity index (χ4v) is 1.56. The third-order valence-electron chi connectivity index (χ3n) is 2.90. The van der Waals surface area contributed by atoms with Gasteiger partial charge in [-0.25, -0.2) is 4.39 Å². The molecule has 0 spiro atoms. The van der Waals surface area contributed by atoms with Crippen LogP contribution in [0.1, 0.15) is 26.7 Å². The van der Waals surface area contributed by atoms with Gasteiger partial charge in [-0.2, -0.15) is 0 Å². The highest BCUT2D eigenvalue weighted by Crippen LogP contribution is 2.28. The van der Waals surface area contributed by atoms with Gasteiger partial charge in [0.05, 0.1) is 16.9 Å². The number of nitro benzene ring substituents is 1. The second-order valence-electron chi connectivity index (χ2n) is 5.01. The molecule has 0 fully saturated rings. The summed E-state index contributed by atoms with van der Waals surface area (Å²) in [6, 6.07) is 2.96. The molecule has 0 aromatic heterocycles. The van der Waals surface area contributed by atoms with E-state index in [0.717, 1.165) is 18.2 Å². The minimum absolute atomic E-state index is 0.0843. The molecule has 1 N–H and O–H groups in total. The van der Waals surface area contributed by atoms with Gasteiger partial charge in [0.2, 0.25) is 0 Å². The summed E-state index contributed by atoms with van der Waals surface area (Å²) in [7, 11) is 0. The lowest BCUT2D eigenvalue weighted by Crippen LogP contribution is -2.24. The molecule has 1 aromatic rings. The van der Waals surface area contributed by atoms with Gasteiger partial charge in [0.25, 0.3) is 0 Å². The number of hydrogen-bond acceptors (Lipinski definition) is 4. The van der Waals surface area contributed by atoms with E-state index in [0.29, 0.717) is 12.8 Å². The quantitative estimate of drug-likeness (QED) is 0.472. The molecular formula is C13H16FNO5. The molecule has 0 bridgehead atoms. The zero-order valence-corrected chi connectivity index (χ0v) is 11.3. The first-order chi connectivity index (χ1) is 9.24. The van der Waals surface area contributed by atoms with Crippen molar-refractivity contribution >= 4 is 11.7 Å². The van der Waals surface area contributed by atoms with E-state index in [-0.39, 0.29) is 18.0 Å². The lowest BCUT2D eigenvalue weighted by Gasteiger charge is -2.18. The average molecular weight is 285 g/mol. The van der Waals surface area contributed by atoms with Crippen LogP contribution in [-0.2, 0) is 4.79 Å². The van der Waals surface area contributed by atoms with Crippen molar-refractivity contribution in [1.29, 1.82) is 0 Å². The van der Waals surface area contributed by atoms with E-state index in [4.69, 9.17) is 9.84 Å². The molecule has 6 nitrogen and oxygen atoms in total. The van der Waals surface area contributed by atoms with E-state index in [2.05, 4.69) is 0 Å². The van der Waals surface area contributed by atoms with Gasteiger partial charge in [-0.15, -0.1) is 0 Å². The molecule has 0 aliphatic rings. The van der Waals surface area contributed by atoms with Gasteiger partial charge >= 0.3 is 11.7 Å². The Morgan fingerprint density at radius 2 is 2.15 bits per heavy atom. The van der Waals surface area contributed by atoms with Crippen molar-refractivity contribution in [3.63, 3.8) is 0 Å². The standard InChI is InChI=1S/C13H16FNO5/c1-13(2,12(16)17)6-3-7-20-11-8-9(14)4-5-10(11)15(18)19/h4-5,8H,3,6-7H2,1-2H3,(H,16,17). The molecule has 20 heavy (non-hydrogen) atoms.